The fraction of sp³-hybridized carbons (Fsp3) is 0.500. The number of aromatic nitrogens is 2. The topological polar surface area (TPSA) is 162 Å². The van der Waals surface area contributed by atoms with E-state index in [0.29, 0.717) is 62.1 Å². The summed E-state index contributed by atoms with van der Waals surface area (Å²) in [5.74, 6) is -0.177. The van der Waals surface area contributed by atoms with E-state index in [0.717, 1.165) is 18.1 Å². The molecule has 1 aromatic heterocycles. The van der Waals surface area contributed by atoms with Gasteiger partial charge in [-0.1, -0.05) is 19.9 Å². The van der Waals surface area contributed by atoms with E-state index in [-0.39, 0.29) is 29.9 Å². The molecular weight excluding hydrogens is 504 g/mol. The van der Waals surface area contributed by atoms with Crippen LogP contribution in [-0.2, 0) is 14.3 Å². The molecule has 1 fully saturated rings. The van der Waals surface area contributed by atoms with Crippen LogP contribution in [0.1, 0.15) is 42.9 Å². The van der Waals surface area contributed by atoms with Gasteiger partial charge in [-0.3, -0.25) is 9.59 Å². The van der Waals surface area contributed by atoms with Gasteiger partial charge in [0, 0.05) is 20.1 Å². The van der Waals surface area contributed by atoms with Crippen molar-refractivity contribution in [2.75, 3.05) is 39.9 Å². The number of hydrogen-bond acceptors (Lipinski definition) is 10. The van der Waals surface area contributed by atoms with E-state index in [4.69, 9.17) is 4.74 Å². The van der Waals surface area contributed by atoms with Gasteiger partial charge in [0.25, 0.3) is 5.91 Å². The molecule has 1 amide bonds. The van der Waals surface area contributed by atoms with E-state index in [1.807, 2.05) is 24.8 Å². The van der Waals surface area contributed by atoms with E-state index in [1.54, 1.807) is 19.0 Å². The van der Waals surface area contributed by atoms with Gasteiger partial charge in [-0.05, 0) is 31.3 Å². The Kier molecular flexibility index (Phi) is 10.8. The van der Waals surface area contributed by atoms with Gasteiger partial charge in [-0.2, -0.15) is 0 Å². The quantitative estimate of drug-likeness (QED) is 0.120. The summed E-state index contributed by atoms with van der Waals surface area (Å²) in [5, 5.41) is 14.7. The highest BCUT2D eigenvalue weighted by atomic mass is 16.5. The number of likely N-dealkylation sites (N-methyl/N-ethyl adjacent to an activating group) is 1. The summed E-state index contributed by atoms with van der Waals surface area (Å²) in [4.78, 5) is 54.5. The summed E-state index contributed by atoms with van der Waals surface area (Å²) in [6.45, 7) is 7.62. The maximum absolute atomic E-state index is 12.8. The highest BCUT2D eigenvalue weighted by Crippen LogP contribution is 2.24. The molecule has 13 nitrogen and oxygen atoms in total. The highest BCUT2D eigenvalue weighted by Gasteiger charge is 2.33. The summed E-state index contributed by atoms with van der Waals surface area (Å²) < 4.78 is 5.38. The highest BCUT2D eigenvalue weighted by molar-refractivity contribution is 6.02. The van der Waals surface area contributed by atoms with Gasteiger partial charge in [-0.15, -0.1) is 0 Å². The van der Waals surface area contributed by atoms with Crippen LogP contribution in [0.3, 0.4) is 0 Å². The van der Waals surface area contributed by atoms with Gasteiger partial charge in [0.1, 0.15) is 24.8 Å². The molecule has 0 aromatic carbocycles. The summed E-state index contributed by atoms with van der Waals surface area (Å²) >= 11 is 0. The van der Waals surface area contributed by atoms with Crippen molar-refractivity contribution in [3.8, 4) is 5.75 Å². The average molecular weight is 541 g/mol. The Hall–Kier alpha value is -3.97. The van der Waals surface area contributed by atoms with Gasteiger partial charge < -0.3 is 30.3 Å². The molecule has 13 heteroatoms. The second-order valence-electron chi connectivity index (χ2n) is 9.36. The summed E-state index contributed by atoms with van der Waals surface area (Å²) in [6.07, 6.45) is 7.26. The van der Waals surface area contributed by atoms with Crippen LogP contribution in [0, 0.1) is 12.8 Å². The van der Waals surface area contributed by atoms with Crippen molar-refractivity contribution < 1.29 is 24.2 Å². The number of aliphatic imine (C=N–C) groups is 2. The van der Waals surface area contributed by atoms with Crippen LogP contribution >= 0.6 is 0 Å². The number of ether oxygens (including phenoxy) is 1. The van der Waals surface area contributed by atoms with E-state index >= 15 is 0 Å². The van der Waals surface area contributed by atoms with E-state index in [1.165, 1.54) is 12.7 Å². The van der Waals surface area contributed by atoms with Gasteiger partial charge in [0.05, 0.1) is 42.9 Å². The van der Waals surface area contributed by atoms with Gasteiger partial charge >= 0.3 is 0 Å². The molecule has 2 aliphatic heterocycles. The number of likely N-dealkylation sites (tertiary alicyclic amines) is 1. The molecule has 3 N–H and O–H groups in total. The predicted octanol–water partition coefficient (Wildman–Crippen LogP) is 0.770. The SMILES string of the molecule is CC/C(N=CN=C(NN(C)CC=O)C1=CCOCC1)=C(/C=O)N1C[C@@H](C)[C@@H](NC(=O)c2ncnc(C)c2O)C1. The minimum absolute atomic E-state index is 0.0266. The lowest BCUT2D eigenvalue weighted by atomic mass is 10.1. The zero-order valence-electron chi connectivity index (χ0n) is 22.8. The van der Waals surface area contributed by atoms with E-state index in [9.17, 15) is 19.5 Å². The third-order valence-electron chi connectivity index (χ3n) is 6.55. The molecule has 3 rings (SSSR count). The normalized spacial score (nSPS) is 20.6. The van der Waals surface area contributed by atoms with Crippen LogP contribution < -0.4 is 10.7 Å². The van der Waals surface area contributed by atoms with Crippen LogP contribution in [0.15, 0.2) is 39.4 Å². The van der Waals surface area contributed by atoms with Gasteiger partial charge in [0.15, 0.2) is 17.7 Å². The molecule has 3 heterocycles. The van der Waals surface area contributed by atoms with Crippen LogP contribution in [-0.4, -0.2) is 102 Å². The van der Waals surface area contributed by atoms with E-state index < -0.39 is 5.91 Å². The third-order valence-corrected chi connectivity index (χ3v) is 6.55. The Morgan fingerprint density at radius 3 is 2.79 bits per heavy atom. The average Bonchev–Trinajstić information content (AvgIpc) is 3.28. The first-order valence-electron chi connectivity index (χ1n) is 12.8. The van der Waals surface area contributed by atoms with Crippen molar-refractivity contribution in [3.63, 3.8) is 0 Å². The minimum Gasteiger partial charge on any atom is -0.504 e. The Labute approximate surface area is 227 Å². The van der Waals surface area contributed by atoms with Crippen LogP contribution in [0.25, 0.3) is 0 Å². The zero-order chi connectivity index (χ0) is 28.4. The predicted molar refractivity (Wildman–Crippen MR) is 145 cm³/mol. The van der Waals surface area contributed by atoms with E-state index in [2.05, 4.69) is 30.7 Å². The van der Waals surface area contributed by atoms with Crippen molar-refractivity contribution in [1.29, 1.82) is 0 Å². The number of aryl methyl sites for hydroxylation is 1. The number of rotatable bonds is 11. The van der Waals surface area contributed by atoms with Gasteiger partial charge in [0.2, 0.25) is 0 Å². The van der Waals surface area contributed by atoms with Crippen molar-refractivity contribution in [2.45, 2.75) is 39.7 Å². The molecule has 0 radical (unpaired) electrons. The fourth-order valence-corrected chi connectivity index (χ4v) is 4.30. The lowest BCUT2D eigenvalue weighted by Crippen LogP contribution is -2.41. The molecule has 210 valence electrons. The zero-order valence-corrected chi connectivity index (χ0v) is 22.8. The number of aldehydes is 2. The van der Waals surface area contributed by atoms with Crippen molar-refractivity contribution in [3.05, 3.63) is 40.8 Å². The minimum atomic E-state index is -0.501. The Balaban J connectivity index is 1.77. The molecule has 0 saturated carbocycles. The largest absolute Gasteiger partial charge is 0.504 e. The monoisotopic (exact) mass is 540 g/mol. The molecule has 2 aliphatic rings. The molecule has 2 atom stereocenters. The molecule has 0 aliphatic carbocycles. The number of nitrogens with zero attached hydrogens (tertiary/aromatic N) is 6. The second-order valence-corrected chi connectivity index (χ2v) is 9.36. The maximum atomic E-state index is 12.8. The summed E-state index contributed by atoms with van der Waals surface area (Å²) in [5.41, 5.74) is 5.26. The van der Waals surface area contributed by atoms with Crippen LogP contribution in [0.5, 0.6) is 5.75 Å². The number of hydrogen-bond donors (Lipinski definition) is 3. The number of carbonyl (C=O) groups excluding carboxylic acids is 3. The van der Waals surface area contributed by atoms with Crippen LogP contribution in [0.2, 0.25) is 0 Å². The Bertz CT molecular complexity index is 1180. The number of carbonyl (C=O) groups is 3. The lowest BCUT2D eigenvalue weighted by Gasteiger charge is -2.22. The summed E-state index contributed by atoms with van der Waals surface area (Å²) in [6, 6.07) is -0.271. The van der Waals surface area contributed by atoms with Crippen molar-refractivity contribution in [1.82, 2.24) is 30.6 Å². The number of allylic oxidation sites excluding steroid dienone is 2. The number of hydrazine groups is 1. The Morgan fingerprint density at radius 1 is 1.33 bits per heavy atom. The molecule has 1 saturated heterocycles. The number of aromatic hydroxyl groups is 1. The molecule has 39 heavy (non-hydrogen) atoms. The van der Waals surface area contributed by atoms with Crippen molar-refractivity contribution >= 4 is 30.7 Å². The third kappa shape index (κ3) is 7.77. The maximum Gasteiger partial charge on any atom is 0.274 e. The molecule has 1 aromatic rings. The standard InChI is InChI=1S/C26H36N8O5/c1-5-20(28-16-30-25(32-33(4)8-9-35)19-6-10-39-11-7-19)22(14-36)34-12-17(2)21(13-34)31-26(38)23-24(37)18(3)27-15-29-23/h6,9,14-17,21,37H,5,7-8,10-13H2,1-4H3,(H,31,38)(H,28,30,32)/b22-20+/t17-,21+/m1/s1. The van der Waals surface area contributed by atoms with Crippen molar-refractivity contribution in [2.24, 2.45) is 15.9 Å². The molecule has 0 spiro atoms. The lowest BCUT2D eigenvalue weighted by molar-refractivity contribution is -0.109. The first-order valence-corrected chi connectivity index (χ1v) is 12.8. The smallest absolute Gasteiger partial charge is 0.274 e. The Morgan fingerprint density at radius 2 is 2.13 bits per heavy atom. The van der Waals surface area contributed by atoms with Crippen LogP contribution in [0.4, 0.5) is 0 Å². The molecular formula is C26H36N8O5. The first kappa shape index (κ1) is 29.6. The van der Waals surface area contributed by atoms with Gasteiger partial charge in [-0.25, -0.2) is 25.0 Å². The molecule has 0 unspecified atom stereocenters. The fourth-order valence-electron chi connectivity index (χ4n) is 4.30. The number of amides is 1. The molecule has 0 bridgehead atoms. The summed E-state index contributed by atoms with van der Waals surface area (Å²) in [7, 11) is 1.74. The number of amidine groups is 1. The number of nitrogens with one attached hydrogen (secondary N) is 2. The first-order chi connectivity index (χ1) is 18.8. The second kappa shape index (κ2) is 14.3.